The van der Waals surface area contributed by atoms with E-state index in [1.807, 2.05) is 24.3 Å². The Bertz CT molecular complexity index is 1150. The topological polar surface area (TPSA) is 76.9 Å². The summed E-state index contributed by atoms with van der Waals surface area (Å²) in [7, 11) is 0. The van der Waals surface area contributed by atoms with Crippen LogP contribution < -0.4 is 10.9 Å². The number of unbranched alkanes of at least 4 members (excludes halogenated alkanes) is 1. The first-order valence-electron chi connectivity index (χ1n) is 11.3. The van der Waals surface area contributed by atoms with Crippen LogP contribution in [0.1, 0.15) is 69.2 Å². The molecule has 2 heterocycles. The largest absolute Gasteiger partial charge is 0.353 e. The third kappa shape index (κ3) is 5.90. The molecule has 0 saturated heterocycles. The molecule has 3 rings (SSSR count). The number of fused-ring (bicyclic) bond motifs is 1. The van der Waals surface area contributed by atoms with Gasteiger partial charge in [0, 0.05) is 30.7 Å². The number of nitrogens with one attached hydrogen (secondary N) is 1. The van der Waals surface area contributed by atoms with Crippen LogP contribution in [-0.2, 0) is 11.2 Å². The lowest BCUT2D eigenvalue weighted by Gasteiger charge is -2.14. The molecule has 0 atom stereocenters. The number of nitrogens with zero attached hydrogens (tertiary/aromatic N) is 3. The van der Waals surface area contributed by atoms with Crippen LogP contribution in [0.4, 0.5) is 0 Å². The van der Waals surface area contributed by atoms with Crippen molar-refractivity contribution in [3.63, 3.8) is 0 Å². The molecule has 0 unspecified atom stereocenters. The van der Waals surface area contributed by atoms with Gasteiger partial charge < -0.3 is 5.32 Å². The number of carbonyl (C=O) groups is 1. The fraction of sp³-hybridized carbons (Fsp3) is 0.385. The molecule has 1 aromatic carbocycles. The van der Waals surface area contributed by atoms with Crippen molar-refractivity contribution in [3.8, 4) is 0 Å². The number of aryl methyl sites for hydroxylation is 1. The molecule has 0 radical (unpaired) electrons. The van der Waals surface area contributed by atoms with Gasteiger partial charge in [-0.15, -0.1) is 0 Å². The van der Waals surface area contributed by atoms with E-state index in [1.165, 1.54) is 23.2 Å². The molecule has 0 saturated carbocycles. The highest BCUT2D eigenvalue weighted by Gasteiger charge is 2.14. The SMILES string of the molecule is CC(C)c1cc(C(C)C)c2ncn(C=CC(=O)NCCCCc3ccccn3)c(=O)c2c1. The summed E-state index contributed by atoms with van der Waals surface area (Å²) in [6, 6.07) is 9.95. The predicted molar refractivity (Wildman–Crippen MR) is 130 cm³/mol. The quantitative estimate of drug-likeness (QED) is 0.394. The lowest BCUT2D eigenvalue weighted by Crippen LogP contribution is -2.23. The van der Waals surface area contributed by atoms with Crippen molar-refractivity contribution in [1.82, 2.24) is 19.9 Å². The van der Waals surface area contributed by atoms with Crippen LogP contribution in [0, 0.1) is 0 Å². The third-order valence-electron chi connectivity index (χ3n) is 5.50. The lowest BCUT2D eigenvalue weighted by atomic mass is 9.93. The zero-order valence-corrected chi connectivity index (χ0v) is 19.3. The van der Waals surface area contributed by atoms with Gasteiger partial charge in [0.25, 0.3) is 5.56 Å². The maximum atomic E-state index is 13.1. The van der Waals surface area contributed by atoms with E-state index in [2.05, 4.69) is 49.0 Å². The van der Waals surface area contributed by atoms with Crippen molar-refractivity contribution in [1.29, 1.82) is 0 Å². The summed E-state index contributed by atoms with van der Waals surface area (Å²) in [6.07, 6.45) is 8.84. The van der Waals surface area contributed by atoms with Gasteiger partial charge in [-0.2, -0.15) is 0 Å². The van der Waals surface area contributed by atoms with Crippen LogP contribution in [0.25, 0.3) is 17.1 Å². The van der Waals surface area contributed by atoms with Crippen molar-refractivity contribution in [2.24, 2.45) is 0 Å². The number of benzene rings is 1. The molecule has 0 bridgehead atoms. The number of rotatable bonds is 9. The molecule has 0 fully saturated rings. The molecule has 1 amide bonds. The first kappa shape index (κ1) is 23.4. The normalized spacial score (nSPS) is 11.7. The van der Waals surface area contributed by atoms with Crippen LogP contribution in [0.3, 0.4) is 0 Å². The summed E-state index contributed by atoms with van der Waals surface area (Å²) in [5.74, 6) is 0.343. The Morgan fingerprint density at radius 1 is 1.09 bits per heavy atom. The Hall–Kier alpha value is -3.28. The van der Waals surface area contributed by atoms with Gasteiger partial charge >= 0.3 is 0 Å². The Morgan fingerprint density at radius 2 is 1.91 bits per heavy atom. The van der Waals surface area contributed by atoms with E-state index in [-0.39, 0.29) is 17.4 Å². The van der Waals surface area contributed by atoms with Crippen molar-refractivity contribution in [2.75, 3.05) is 6.54 Å². The van der Waals surface area contributed by atoms with Gasteiger partial charge in [-0.25, -0.2) is 4.98 Å². The van der Waals surface area contributed by atoms with E-state index in [0.29, 0.717) is 17.8 Å². The second-order valence-corrected chi connectivity index (χ2v) is 8.66. The average Bonchev–Trinajstić information content (AvgIpc) is 2.78. The number of carbonyl (C=O) groups excluding carboxylic acids is 1. The summed E-state index contributed by atoms with van der Waals surface area (Å²) in [6.45, 7) is 9.01. The van der Waals surface area contributed by atoms with Crippen molar-refractivity contribution < 1.29 is 4.79 Å². The van der Waals surface area contributed by atoms with Gasteiger partial charge in [0.2, 0.25) is 5.91 Å². The zero-order chi connectivity index (χ0) is 23.1. The molecule has 1 N–H and O–H groups in total. The fourth-order valence-electron chi connectivity index (χ4n) is 3.57. The minimum atomic E-state index is -0.228. The van der Waals surface area contributed by atoms with Gasteiger partial charge in [-0.1, -0.05) is 39.8 Å². The highest BCUT2D eigenvalue weighted by Crippen LogP contribution is 2.27. The first-order valence-corrected chi connectivity index (χ1v) is 11.3. The molecule has 168 valence electrons. The van der Waals surface area contributed by atoms with Crippen LogP contribution in [0.5, 0.6) is 0 Å². The molecule has 0 aliphatic rings. The number of hydrogen-bond acceptors (Lipinski definition) is 4. The van der Waals surface area contributed by atoms with E-state index >= 15 is 0 Å². The Labute approximate surface area is 189 Å². The molecular formula is C26H32N4O2. The van der Waals surface area contributed by atoms with E-state index in [1.54, 1.807) is 6.20 Å². The van der Waals surface area contributed by atoms with Crippen LogP contribution >= 0.6 is 0 Å². The second-order valence-electron chi connectivity index (χ2n) is 8.66. The molecule has 0 aliphatic carbocycles. The lowest BCUT2D eigenvalue weighted by molar-refractivity contribution is -0.116. The van der Waals surface area contributed by atoms with Crippen LogP contribution in [0.15, 0.2) is 53.7 Å². The number of hydrogen-bond donors (Lipinski definition) is 1. The van der Waals surface area contributed by atoms with Crippen molar-refractivity contribution >= 4 is 23.0 Å². The van der Waals surface area contributed by atoms with Crippen LogP contribution in [0.2, 0.25) is 0 Å². The van der Waals surface area contributed by atoms with Gasteiger partial charge in [0.15, 0.2) is 0 Å². The number of aromatic nitrogens is 3. The van der Waals surface area contributed by atoms with Gasteiger partial charge in [-0.3, -0.25) is 19.1 Å². The predicted octanol–water partition coefficient (Wildman–Crippen LogP) is 4.65. The Balaban J connectivity index is 1.65. The monoisotopic (exact) mass is 432 g/mol. The smallest absolute Gasteiger partial charge is 0.265 e. The van der Waals surface area contributed by atoms with E-state index in [0.717, 1.165) is 41.6 Å². The third-order valence-corrected chi connectivity index (χ3v) is 5.50. The highest BCUT2D eigenvalue weighted by molar-refractivity contribution is 5.90. The summed E-state index contributed by atoms with van der Waals surface area (Å²) in [5.41, 5.74) is 3.81. The van der Waals surface area contributed by atoms with Gasteiger partial charge in [0.1, 0.15) is 6.33 Å². The number of pyridine rings is 1. The summed E-state index contributed by atoms with van der Waals surface area (Å²) in [4.78, 5) is 34.1. The van der Waals surface area contributed by atoms with Crippen molar-refractivity contribution in [3.05, 3.63) is 76.1 Å². The van der Waals surface area contributed by atoms with E-state index < -0.39 is 0 Å². The molecule has 32 heavy (non-hydrogen) atoms. The summed E-state index contributed by atoms with van der Waals surface area (Å²) < 4.78 is 1.37. The average molecular weight is 433 g/mol. The molecule has 0 aliphatic heterocycles. The van der Waals surface area contributed by atoms with Gasteiger partial charge in [-0.05, 0) is 60.4 Å². The zero-order valence-electron chi connectivity index (χ0n) is 19.3. The summed E-state index contributed by atoms with van der Waals surface area (Å²) in [5, 5.41) is 3.45. The van der Waals surface area contributed by atoms with Gasteiger partial charge in [0.05, 0.1) is 10.9 Å². The first-order chi connectivity index (χ1) is 15.4. The molecule has 6 heteroatoms. The maximum absolute atomic E-state index is 13.1. The van der Waals surface area contributed by atoms with E-state index in [4.69, 9.17) is 0 Å². The Morgan fingerprint density at radius 3 is 2.59 bits per heavy atom. The molecule has 0 spiro atoms. The summed E-state index contributed by atoms with van der Waals surface area (Å²) >= 11 is 0. The standard InChI is InChI=1S/C26H32N4O2/c1-18(2)20-15-22(19(3)4)25-23(16-20)26(32)30(17-29-25)14-11-24(31)28-13-8-6-10-21-9-5-7-12-27-21/h5,7,9,11-12,14-19H,6,8,10,13H2,1-4H3,(H,28,31). The second kappa shape index (κ2) is 10.8. The maximum Gasteiger partial charge on any atom is 0.265 e. The molecular weight excluding hydrogens is 400 g/mol. The molecule has 3 aromatic rings. The minimum Gasteiger partial charge on any atom is -0.353 e. The number of amides is 1. The Kier molecular flexibility index (Phi) is 7.92. The van der Waals surface area contributed by atoms with Crippen LogP contribution in [-0.4, -0.2) is 27.0 Å². The molecule has 6 nitrogen and oxygen atoms in total. The fourth-order valence-corrected chi connectivity index (χ4v) is 3.57. The molecule has 2 aromatic heterocycles. The highest BCUT2D eigenvalue weighted by atomic mass is 16.1. The minimum absolute atomic E-state index is 0.168. The van der Waals surface area contributed by atoms with Crippen molar-refractivity contribution in [2.45, 2.75) is 58.8 Å². The van der Waals surface area contributed by atoms with E-state index in [9.17, 15) is 9.59 Å².